The van der Waals surface area contributed by atoms with E-state index < -0.39 is 0 Å². The summed E-state index contributed by atoms with van der Waals surface area (Å²) in [5, 5.41) is 3.37. The SMILES string of the molecule is CCCCc1cccc(CC)c1CC(=NC)NCC. The van der Waals surface area contributed by atoms with Crippen LogP contribution in [0.4, 0.5) is 0 Å². The Hall–Kier alpha value is -1.31. The Bertz CT molecular complexity index is 408. The Morgan fingerprint density at radius 2 is 1.89 bits per heavy atom. The van der Waals surface area contributed by atoms with E-state index in [1.54, 1.807) is 0 Å². The first-order chi connectivity index (χ1) is 9.26. The molecule has 0 unspecified atom stereocenters. The van der Waals surface area contributed by atoms with E-state index in [0.717, 1.165) is 25.2 Å². The van der Waals surface area contributed by atoms with Crippen molar-refractivity contribution in [2.24, 2.45) is 4.99 Å². The fourth-order valence-corrected chi connectivity index (χ4v) is 2.44. The minimum absolute atomic E-state index is 0.936. The number of benzene rings is 1. The van der Waals surface area contributed by atoms with Crippen LogP contribution in [0.1, 0.15) is 50.3 Å². The highest BCUT2D eigenvalue weighted by atomic mass is 15.0. The highest BCUT2D eigenvalue weighted by Crippen LogP contribution is 2.19. The van der Waals surface area contributed by atoms with Gasteiger partial charge in [0.25, 0.3) is 0 Å². The van der Waals surface area contributed by atoms with Crippen molar-refractivity contribution < 1.29 is 0 Å². The second-order valence-electron chi connectivity index (χ2n) is 4.89. The van der Waals surface area contributed by atoms with Crippen LogP contribution in [0.3, 0.4) is 0 Å². The molecule has 0 amide bonds. The predicted octanol–water partition coefficient (Wildman–Crippen LogP) is 3.77. The number of hydrogen-bond donors (Lipinski definition) is 1. The van der Waals surface area contributed by atoms with Crippen LogP contribution < -0.4 is 5.32 Å². The molecule has 0 saturated carbocycles. The van der Waals surface area contributed by atoms with Crippen molar-refractivity contribution in [2.45, 2.75) is 52.9 Å². The highest BCUT2D eigenvalue weighted by molar-refractivity contribution is 5.84. The van der Waals surface area contributed by atoms with Crippen LogP contribution in [0.15, 0.2) is 23.2 Å². The standard InChI is InChI=1S/C17H28N2/c1-5-8-10-15-12-9-11-14(6-2)16(15)13-17(18-4)19-7-3/h9,11-12H,5-8,10,13H2,1-4H3,(H,18,19). The van der Waals surface area contributed by atoms with Gasteiger partial charge in [-0.25, -0.2) is 0 Å². The third-order valence-corrected chi connectivity index (χ3v) is 3.55. The largest absolute Gasteiger partial charge is 0.374 e. The Morgan fingerprint density at radius 3 is 2.47 bits per heavy atom. The van der Waals surface area contributed by atoms with Crippen molar-refractivity contribution >= 4 is 5.84 Å². The molecule has 2 heteroatoms. The molecule has 0 radical (unpaired) electrons. The molecule has 0 fully saturated rings. The predicted molar refractivity (Wildman–Crippen MR) is 85.2 cm³/mol. The summed E-state index contributed by atoms with van der Waals surface area (Å²) in [4.78, 5) is 4.38. The van der Waals surface area contributed by atoms with Gasteiger partial charge in [0.05, 0.1) is 0 Å². The fourth-order valence-electron chi connectivity index (χ4n) is 2.44. The van der Waals surface area contributed by atoms with Gasteiger partial charge in [-0.15, -0.1) is 0 Å². The Kier molecular flexibility index (Phi) is 7.24. The van der Waals surface area contributed by atoms with Crippen LogP contribution >= 0.6 is 0 Å². The molecule has 1 rings (SSSR count). The summed E-state index contributed by atoms with van der Waals surface area (Å²) in [6.45, 7) is 7.54. The van der Waals surface area contributed by atoms with Crippen LogP contribution in [0.25, 0.3) is 0 Å². The van der Waals surface area contributed by atoms with Crippen LogP contribution in [0.2, 0.25) is 0 Å². The molecule has 0 atom stereocenters. The van der Waals surface area contributed by atoms with Gasteiger partial charge in [-0.05, 0) is 42.9 Å². The summed E-state index contributed by atoms with van der Waals surface area (Å²) < 4.78 is 0. The van der Waals surface area contributed by atoms with Gasteiger partial charge in [0.2, 0.25) is 0 Å². The van der Waals surface area contributed by atoms with E-state index in [1.165, 1.54) is 36.0 Å². The summed E-state index contributed by atoms with van der Waals surface area (Å²) in [5.41, 5.74) is 4.45. The molecule has 0 saturated heterocycles. The van der Waals surface area contributed by atoms with Gasteiger partial charge in [0.15, 0.2) is 0 Å². The van der Waals surface area contributed by atoms with Gasteiger partial charge < -0.3 is 5.32 Å². The second-order valence-corrected chi connectivity index (χ2v) is 4.89. The molecule has 0 aliphatic rings. The van der Waals surface area contributed by atoms with Crippen molar-refractivity contribution in [3.05, 3.63) is 34.9 Å². The third kappa shape index (κ3) is 4.70. The average molecular weight is 260 g/mol. The lowest BCUT2D eigenvalue weighted by molar-refractivity contribution is 0.786. The Balaban J connectivity index is 2.99. The zero-order valence-electron chi connectivity index (χ0n) is 12.9. The minimum Gasteiger partial charge on any atom is -0.374 e. The van der Waals surface area contributed by atoms with Gasteiger partial charge in [-0.1, -0.05) is 38.5 Å². The number of nitrogens with zero attached hydrogens (tertiary/aromatic N) is 1. The van der Waals surface area contributed by atoms with E-state index in [4.69, 9.17) is 0 Å². The number of nitrogens with one attached hydrogen (secondary N) is 1. The van der Waals surface area contributed by atoms with Crippen LogP contribution in [0, 0.1) is 0 Å². The molecule has 1 N–H and O–H groups in total. The molecule has 1 aromatic carbocycles. The van der Waals surface area contributed by atoms with Crippen LogP contribution in [-0.2, 0) is 19.3 Å². The Labute approximate surface area is 118 Å². The van der Waals surface area contributed by atoms with Crippen molar-refractivity contribution in [3.8, 4) is 0 Å². The summed E-state index contributed by atoms with van der Waals surface area (Å²) in [6.07, 6.45) is 5.73. The highest BCUT2D eigenvalue weighted by Gasteiger charge is 2.09. The third-order valence-electron chi connectivity index (χ3n) is 3.55. The maximum Gasteiger partial charge on any atom is 0.100 e. The molecule has 1 aromatic rings. The minimum atomic E-state index is 0.936. The number of aliphatic imine (C=N–C) groups is 1. The van der Waals surface area contributed by atoms with Crippen molar-refractivity contribution in [3.63, 3.8) is 0 Å². The Morgan fingerprint density at radius 1 is 1.16 bits per heavy atom. The summed E-state index contributed by atoms with van der Waals surface area (Å²) >= 11 is 0. The molecule has 2 nitrogen and oxygen atoms in total. The molecule has 19 heavy (non-hydrogen) atoms. The molecule has 0 bridgehead atoms. The topological polar surface area (TPSA) is 24.4 Å². The number of aryl methyl sites for hydroxylation is 2. The van der Waals surface area contributed by atoms with Gasteiger partial charge >= 0.3 is 0 Å². The van der Waals surface area contributed by atoms with E-state index in [0.29, 0.717) is 0 Å². The van der Waals surface area contributed by atoms with Gasteiger partial charge in [-0.3, -0.25) is 4.99 Å². The van der Waals surface area contributed by atoms with Gasteiger partial charge in [-0.2, -0.15) is 0 Å². The van der Waals surface area contributed by atoms with E-state index in [9.17, 15) is 0 Å². The molecular formula is C17H28N2. The molecule has 0 heterocycles. The molecule has 0 aliphatic heterocycles. The molecular weight excluding hydrogens is 232 g/mol. The lowest BCUT2D eigenvalue weighted by atomic mass is 9.93. The zero-order chi connectivity index (χ0) is 14.1. The molecule has 106 valence electrons. The lowest BCUT2D eigenvalue weighted by Crippen LogP contribution is -2.26. The first-order valence-electron chi connectivity index (χ1n) is 7.55. The first-order valence-corrected chi connectivity index (χ1v) is 7.55. The molecule has 0 aliphatic carbocycles. The average Bonchev–Trinajstić information content (AvgIpc) is 2.45. The van der Waals surface area contributed by atoms with E-state index in [-0.39, 0.29) is 0 Å². The summed E-state index contributed by atoms with van der Waals surface area (Å²) in [7, 11) is 1.87. The van der Waals surface area contributed by atoms with Crippen molar-refractivity contribution in [1.82, 2.24) is 5.32 Å². The van der Waals surface area contributed by atoms with Crippen molar-refractivity contribution in [1.29, 1.82) is 0 Å². The van der Waals surface area contributed by atoms with Gasteiger partial charge in [0.1, 0.15) is 5.84 Å². The normalized spacial score (nSPS) is 11.7. The molecule has 0 spiro atoms. The van der Waals surface area contributed by atoms with Gasteiger partial charge in [0, 0.05) is 20.0 Å². The lowest BCUT2D eigenvalue weighted by Gasteiger charge is -2.16. The van der Waals surface area contributed by atoms with Crippen LogP contribution in [-0.4, -0.2) is 19.4 Å². The zero-order valence-corrected chi connectivity index (χ0v) is 12.9. The number of rotatable bonds is 7. The van der Waals surface area contributed by atoms with E-state index in [1.807, 2.05) is 7.05 Å². The number of hydrogen-bond acceptors (Lipinski definition) is 1. The maximum atomic E-state index is 4.38. The fraction of sp³-hybridized carbons (Fsp3) is 0.588. The number of amidine groups is 1. The molecule has 0 aromatic heterocycles. The smallest absolute Gasteiger partial charge is 0.100 e. The maximum absolute atomic E-state index is 4.38. The summed E-state index contributed by atoms with van der Waals surface area (Å²) in [6, 6.07) is 6.73. The second kappa shape index (κ2) is 8.73. The van der Waals surface area contributed by atoms with E-state index in [2.05, 4.69) is 49.3 Å². The summed E-state index contributed by atoms with van der Waals surface area (Å²) in [5.74, 6) is 1.10. The first kappa shape index (κ1) is 15.7. The number of likely N-dealkylation sites (N-methyl/N-ethyl adjacent to an activating group) is 1. The monoisotopic (exact) mass is 260 g/mol. The number of unbranched alkanes of at least 4 members (excludes halogenated alkanes) is 1. The quantitative estimate of drug-likeness (QED) is 0.585. The van der Waals surface area contributed by atoms with E-state index >= 15 is 0 Å². The van der Waals surface area contributed by atoms with Crippen LogP contribution in [0.5, 0.6) is 0 Å². The van der Waals surface area contributed by atoms with Crippen molar-refractivity contribution in [2.75, 3.05) is 13.6 Å².